The minimum Gasteiger partial charge on any atom is -0.497 e. The molecule has 0 aromatic heterocycles. The number of para-hydroxylation sites is 1. The maximum absolute atomic E-state index is 12.6. The molecule has 2 aromatic rings. The Morgan fingerprint density at radius 3 is 2.62 bits per heavy atom. The Hall–Kier alpha value is -2.69. The van der Waals surface area contributed by atoms with Gasteiger partial charge in [-0.1, -0.05) is 18.2 Å². The molecule has 0 saturated carbocycles. The van der Waals surface area contributed by atoms with Crippen molar-refractivity contribution in [3.63, 3.8) is 0 Å². The molecule has 0 spiro atoms. The van der Waals surface area contributed by atoms with Gasteiger partial charge in [-0.05, 0) is 30.7 Å². The van der Waals surface area contributed by atoms with E-state index in [1.165, 1.54) is 5.69 Å². The zero-order valence-electron chi connectivity index (χ0n) is 14.0. The molecule has 126 valence electrons. The predicted octanol–water partition coefficient (Wildman–Crippen LogP) is 2.71. The molecule has 1 heterocycles. The first-order valence-electron chi connectivity index (χ1n) is 8.04. The van der Waals surface area contributed by atoms with Crippen LogP contribution in [0.3, 0.4) is 0 Å². The minimum atomic E-state index is -0.116. The van der Waals surface area contributed by atoms with E-state index in [2.05, 4.69) is 22.3 Å². The van der Waals surface area contributed by atoms with Crippen LogP contribution in [0.5, 0.6) is 11.5 Å². The third-order valence-electron chi connectivity index (χ3n) is 4.30. The van der Waals surface area contributed by atoms with Crippen LogP contribution in [0.2, 0.25) is 0 Å². The highest BCUT2D eigenvalue weighted by atomic mass is 16.5. The van der Waals surface area contributed by atoms with Crippen molar-refractivity contribution in [3.05, 3.63) is 54.1 Å². The van der Waals surface area contributed by atoms with E-state index in [0.29, 0.717) is 17.1 Å². The number of amides is 1. The summed E-state index contributed by atoms with van der Waals surface area (Å²) in [6.07, 6.45) is 0.930. The van der Waals surface area contributed by atoms with Crippen molar-refractivity contribution in [1.82, 2.24) is 5.32 Å². The molecule has 1 atom stereocenters. The van der Waals surface area contributed by atoms with E-state index in [1.54, 1.807) is 32.4 Å². The molecular weight excluding hydrogens is 304 g/mol. The van der Waals surface area contributed by atoms with Gasteiger partial charge < -0.3 is 19.7 Å². The molecule has 0 unspecified atom stereocenters. The van der Waals surface area contributed by atoms with Crippen LogP contribution < -0.4 is 19.7 Å². The summed E-state index contributed by atoms with van der Waals surface area (Å²) in [7, 11) is 3.14. The Kier molecular flexibility index (Phi) is 4.89. The van der Waals surface area contributed by atoms with Crippen molar-refractivity contribution < 1.29 is 14.3 Å². The predicted molar refractivity (Wildman–Crippen MR) is 94.1 cm³/mol. The van der Waals surface area contributed by atoms with E-state index in [-0.39, 0.29) is 11.9 Å². The number of hydrogen-bond donors (Lipinski definition) is 1. The standard InChI is InChI=1S/C19H22N2O3/c1-23-16-8-9-17(18(12-16)24-2)19(22)20-14-10-11-21(13-14)15-6-4-3-5-7-15/h3-9,12,14H,10-11,13H2,1-2H3,(H,20,22)/t14-/m1/s1. The number of nitrogens with one attached hydrogen (secondary N) is 1. The molecule has 1 N–H and O–H groups in total. The Morgan fingerprint density at radius 1 is 1.12 bits per heavy atom. The van der Waals surface area contributed by atoms with Gasteiger partial charge in [0.25, 0.3) is 5.91 Å². The van der Waals surface area contributed by atoms with E-state index < -0.39 is 0 Å². The number of benzene rings is 2. The smallest absolute Gasteiger partial charge is 0.255 e. The van der Waals surface area contributed by atoms with Crippen LogP contribution in [-0.2, 0) is 0 Å². The van der Waals surface area contributed by atoms with E-state index in [1.807, 2.05) is 18.2 Å². The maximum Gasteiger partial charge on any atom is 0.255 e. The van der Waals surface area contributed by atoms with Crippen LogP contribution in [-0.4, -0.2) is 39.3 Å². The first-order valence-corrected chi connectivity index (χ1v) is 8.04. The second-order valence-electron chi connectivity index (χ2n) is 5.81. The number of ether oxygens (including phenoxy) is 2. The summed E-state index contributed by atoms with van der Waals surface area (Å²) in [6.45, 7) is 1.75. The third kappa shape index (κ3) is 3.45. The SMILES string of the molecule is COc1ccc(C(=O)N[C@@H]2CCN(c3ccccc3)C2)c(OC)c1. The van der Waals surface area contributed by atoms with E-state index in [0.717, 1.165) is 19.5 Å². The molecule has 24 heavy (non-hydrogen) atoms. The first-order chi connectivity index (χ1) is 11.7. The van der Waals surface area contributed by atoms with Gasteiger partial charge in [0.2, 0.25) is 0 Å². The fourth-order valence-corrected chi connectivity index (χ4v) is 3.00. The van der Waals surface area contributed by atoms with Crippen molar-refractivity contribution in [2.24, 2.45) is 0 Å². The van der Waals surface area contributed by atoms with Gasteiger partial charge in [-0.15, -0.1) is 0 Å². The largest absolute Gasteiger partial charge is 0.497 e. The fourth-order valence-electron chi connectivity index (χ4n) is 3.00. The number of anilines is 1. The monoisotopic (exact) mass is 326 g/mol. The van der Waals surface area contributed by atoms with Crippen LogP contribution in [0.25, 0.3) is 0 Å². The molecule has 3 rings (SSSR count). The van der Waals surface area contributed by atoms with Crippen LogP contribution in [0, 0.1) is 0 Å². The lowest BCUT2D eigenvalue weighted by Gasteiger charge is -2.19. The Labute approximate surface area is 142 Å². The summed E-state index contributed by atoms with van der Waals surface area (Å²) < 4.78 is 10.5. The summed E-state index contributed by atoms with van der Waals surface area (Å²) in [6, 6.07) is 15.6. The molecule has 1 saturated heterocycles. The van der Waals surface area contributed by atoms with Crippen molar-refractivity contribution in [3.8, 4) is 11.5 Å². The van der Waals surface area contributed by atoms with Crippen LogP contribution in [0.15, 0.2) is 48.5 Å². The van der Waals surface area contributed by atoms with E-state index in [4.69, 9.17) is 9.47 Å². The molecule has 1 aliphatic rings. The lowest BCUT2D eigenvalue weighted by atomic mass is 10.1. The van der Waals surface area contributed by atoms with Gasteiger partial charge in [-0.25, -0.2) is 0 Å². The Morgan fingerprint density at radius 2 is 1.92 bits per heavy atom. The molecule has 0 bridgehead atoms. The third-order valence-corrected chi connectivity index (χ3v) is 4.30. The molecular formula is C19H22N2O3. The molecule has 0 aliphatic carbocycles. The van der Waals surface area contributed by atoms with Gasteiger partial charge in [0, 0.05) is 30.9 Å². The van der Waals surface area contributed by atoms with Gasteiger partial charge in [0.05, 0.1) is 19.8 Å². The van der Waals surface area contributed by atoms with Gasteiger partial charge >= 0.3 is 0 Å². The summed E-state index contributed by atoms with van der Waals surface area (Å²) in [5.41, 5.74) is 1.72. The highest BCUT2D eigenvalue weighted by molar-refractivity contribution is 5.97. The van der Waals surface area contributed by atoms with Crippen molar-refractivity contribution in [1.29, 1.82) is 0 Å². The number of methoxy groups -OCH3 is 2. The van der Waals surface area contributed by atoms with Crippen LogP contribution in [0.4, 0.5) is 5.69 Å². The van der Waals surface area contributed by atoms with Gasteiger partial charge in [0.15, 0.2) is 0 Å². The molecule has 5 heteroatoms. The van der Waals surface area contributed by atoms with Crippen LogP contribution in [0.1, 0.15) is 16.8 Å². The molecule has 2 aromatic carbocycles. The lowest BCUT2D eigenvalue weighted by molar-refractivity contribution is 0.0937. The zero-order valence-corrected chi connectivity index (χ0v) is 14.0. The number of carbonyl (C=O) groups is 1. The number of carbonyl (C=O) groups excluding carboxylic acids is 1. The van der Waals surface area contributed by atoms with Crippen molar-refractivity contribution in [2.75, 3.05) is 32.2 Å². The minimum absolute atomic E-state index is 0.116. The zero-order chi connectivity index (χ0) is 16.9. The number of nitrogens with zero attached hydrogens (tertiary/aromatic N) is 1. The highest BCUT2D eigenvalue weighted by Gasteiger charge is 2.25. The van der Waals surface area contributed by atoms with Crippen LogP contribution >= 0.6 is 0 Å². The van der Waals surface area contributed by atoms with Gasteiger partial charge in [0.1, 0.15) is 11.5 Å². The fraction of sp³-hybridized carbons (Fsp3) is 0.316. The second-order valence-corrected chi connectivity index (χ2v) is 5.81. The number of hydrogen-bond acceptors (Lipinski definition) is 4. The Bertz CT molecular complexity index is 703. The van der Waals surface area contributed by atoms with Gasteiger partial charge in [-0.2, -0.15) is 0 Å². The molecule has 1 amide bonds. The highest BCUT2D eigenvalue weighted by Crippen LogP contribution is 2.25. The normalized spacial score (nSPS) is 16.8. The average Bonchev–Trinajstić information content (AvgIpc) is 3.10. The summed E-state index contributed by atoms with van der Waals surface area (Å²) in [4.78, 5) is 14.9. The van der Waals surface area contributed by atoms with Gasteiger partial charge in [-0.3, -0.25) is 4.79 Å². The first kappa shape index (κ1) is 16.2. The molecule has 1 aliphatic heterocycles. The van der Waals surface area contributed by atoms with E-state index in [9.17, 15) is 4.79 Å². The molecule has 5 nitrogen and oxygen atoms in total. The quantitative estimate of drug-likeness (QED) is 0.918. The van der Waals surface area contributed by atoms with Crippen molar-refractivity contribution in [2.45, 2.75) is 12.5 Å². The van der Waals surface area contributed by atoms with E-state index >= 15 is 0 Å². The average molecular weight is 326 g/mol. The second kappa shape index (κ2) is 7.25. The summed E-state index contributed by atoms with van der Waals surface area (Å²) in [5, 5.41) is 3.11. The Balaban J connectivity index is 1.66. The number of rotatable bonds is 5. The van der Waals surface area contributed by atoms with Crippen molar-refractivity contribution >= 4 is 11.6 Å². The lowest BCUT2D eigenvalue weighted by Crippen LogP contribution is -2.37. The summed E-state index contributed by atoms with van der Waals surface area (Å²) in [5.74, 6) is 1.07. The maximum atomic E-state index is 12.6. The molecule has 1 fully saturated rings. The summed E-state index contributed by atoms with van der Waals surface area (Å²) >= 11 is 0. The molecule has 0 radical (unpaired) electrons. The topological polar surface area (TPSA) is 50.8 Å².